The number of halogens is 2. The first kappa shape index (κ1) is 16.6. The maximum Gasteiger partial charge on any atom is 0.139 e. The summed E-state index contributed by atoms with van der Waals surface area (Å²) in [6, 6.07) is 12.2. The van der Waals surface area contributed by atoms with Gasteiger partial charge < -0.3 is 14.6 Å². The molecule has 3 atom stereocenters. The summed E-state index contributed by atoms with van der Waals surface area (Å²) in [7, 11) is 0. The monoisotopic (exact) mass is 347 g/mol. The van der Waals surface area contributed by atoms with Gasteiger partial charge in [0.05, 0.1) is 24.9 Å². The van der Waals surface area contributed by atoms with Gasteiger partial charge in [-0.1, -0.05) is 24.3 Å². The topological polar surface area (TPSA) is 41.9 Å². The average molecular weight is 347 g/mol. The van der Waals surface area contributed by atoms with Gasteiger partial charge in [-0.15, -0.1) is 0 Å². The molecule has 2 aromatic rings. The summed E-state index contributed by atoms with van der Waals surface area (Å²) >= 11 is 0. The van der Waals surface area contributed by atoms with Crippen molar-refractivity contribution < 1.29 is 23.4 Å². The van der Waals surface area contributed by atoms with Gasteiger partial charge in [-0.05, 0) is 42.3 Å². The van der Waals surface area contributed by atoms with E-state index in [0.29, 0.717) is 13.2 Å². The Balaban J connectivity index is 1.74. The van der Waals surface area contributed by atoms with E-state index in [0.717, 1.165) is 11.1 Å². The third-order valence-corrected chi connectivity index (χ3v) is 5.09. The van der Waals surface area contributed by atoms with Crippen molar-refractivity contribution >= 4 is 0 Å². The summed E-state index contributed by atoms with van der Waals surface area (Å²) in [5.74, 6) is -0.646. The third kappa shape index (κ3) is 2.66. The van der Waals surface area contributed by atoms with Crippen molar-refractivity contribution in [2.45, 2.75) is 31.0 Å². The van der Waals surface area contributed by atoms with Crippen LogP contribution < -0.4 is 0 Å². The van der Waals surface area contributed by atoms with Crippen LogP contribution in [0.4, 0.5) is 8.78 Å². The minimum absolute atomic E-state index is 0.296. The lowest BCUT2D eigenvalue weighted by molar-refractivity contribution is -0.0654. The van der Waals surface area contributed by atoms with Crippen LogP contribution in [0.1, 0.15) is 30.5 Å². The Morgan fingerprint density at radius 3 is 1.68 bits per heavy atom. The van der Waals surface area contributed by atoms with E-state index < -0.39 is 24.1 Å². The summed E-state index contributed by atoms with van der Waals surface area (Å²) < 4.78 is 38.5. The molecule has 0 radical (unpaired) electrons. The van der Waals surface area contributed by atoms with E-state index in [9.17, 15) is 13.9 Å². The zero-order valence-electron chi connectivity index (χ0n) is 13.7. The van der Waals surface area contributed by atoms with Gasteiger partial charge in [0, 0.05) is 0 Å². The molecule has 2 fully saturated rings. The highest BCUT2D eigenvalue weighted by molar-refractivity contribution is 5.26. The van der Waals surface area contributed by atoms with Gasteiger partial charge in [0.1, 0.15) is 24.1 Å². The Hall–Kier alpha value is -1.86. The van der Waals surface area contributed by atoms with Gasteiger partial charge in [0.25, 0.3) is 0 Å². The molecule has 1 N–H and O–H groups in total. The number of benzene rings is 2. The van der Waals surface area contributed by atoms with Crippen molar-refractivity contribution in [1.29, 1.82) is 0 Å². The number of aliphatic hydroxyl groups is 1. The van der Waals surface area contributed by atoms with E-state index in [2.05, 4.69) is 0 Å². The highest BCUT2D eigenvalue weighted by Gasteiger charge is 2.59. The largest absolute Gasteiger partial charge is 0.391 e. The fourth-order valence-electron chi connectivity index (χ4n) is 3.61. The van der Waals surface area contributed by atoms with Gasteiger partial charge in [0.15, 0.2) is 0 Å². The number of nitrogens with zero attached hydrogens (tertiary/aromatic N) is 1. The van der Waals surface area contributed by atoms with Gasteiger partial charge in [-0.2, -0.15) is 0 Å². The lowest BCUT2D eigenvalue weighted by Crippen LogP contribution is -2.52. The van der Waals surface area contributed by atoms with Gasteiger partial charge >= 0.3 is 0 Å². The van der Waals surface area contributed by atoms with Crippen LogP contribution in [-0.2, 0) is 9.47 Å². The SMILES string of the molecule is CC(O)C12COC(c3ccc(F)cc3)N1C(c1ccc(F)cc1)OC2. The van der Waals surface area contributed by atoms with Crippen LogP contribution in [0, 0.1) is 11.6 Å². The Kier molecular flexibility index (Phi) is 4.08. The van der Waals surface area contributed by atoms with E-state index in [-0.39, 0.29) is 11.6 Å². The van der Waals surface area contributed by atoms with Crippen LogP contribution >= 0.6 is 0 Å². The second-order valence-corrected chi connectivity index (χ2v) is 6.62. The first-order valence-corrected chi connectivity index (χ1v) is 8.22. The summed E-state index contributed by atoms with van der Waals surface area (Å²) in [4.78, 5) is 1.97. The summed E-state index contributed by atoms with van der Waals surface area (Å²) in [6.45, 7) is 2.30. The van der Waals surface area contributed by atoms with Crippen LogP contribution in [0.25, 0.3) is 0 Å². The Morgan fingerprint density at radius 2 is 1.32 bits per heavy atom. The fraction of sp³-hybridized carbons (Fsp3) is 0.368. The molecule has 3 unspecified atom stereocenters. The van der Waals surface area contributed by atoms with E-state index in [1.165, 1.54) is 24.3 Å². The normalized spacial score (nSPS) is 30.4. The maximum atomic E-state index is 13.3. The molecule has 4 nitrogen and oxygen atoms in total. The zero-order chi connectivity index (χ0) is 17.6. The smallest absolute Gasteiger partial charge is 0.139 e. The first-order valence-electron chi connectivity index (χ1n) is 8.22. The molecular formula is C19H19F2NO3. The van der Waals surface area contributed by atoms with Crippen molar-refractivity contribution in [3.05, 3.63) is 71.3 Å². The maximum absolute atomic E-state index is 13.3. The molecule has 0 bridgehead atoms. The first-order chi connectivity index (χ1) is 12.0. The molecule has 4 rings (SSSR count). The average Bonchev–Trinajstić information content (AvgIpc) is 3.15. The van der Waals surface area contributed by atoms with Crippen LogP contribution in [0.5, 0.6) is 0 Å². The predicted octanol–water partition coefficient (Wildman–Crippen LogP) is 3.14. The summed E-state index contributed by atoms with van der Waals surface area (Å²) in [6.07, 6.45) is -1.65. The molecule has 0 aromatic heterocycles. The number of rotatable bonds is 3. The summed E-state index contributed by atoms with van der Waals surface area (Å²) in [5.41, 5.74) is 0.862. The minimum Gasteiger partial charge on any atom is -0.391 e. The molecule has 2 aliphatic heterocycles. The van der Waals surface area contributed by atoms with Gasteiger partial charge in [-0.25, -0.2) is 13.7 Å². The minimum atomic E-state index is -0.696. The van der Waals surface area contributed by atoms with Crippen molar-refractivity contribution in [2.24, 2.45) is 0 Å². The molecule has 6 heteroatoms. The van der Waals surface area contributed by atoms with E-state index in [1.807, 2.05) is 4.90 Å². The molecular weight excluding hydrogens is 328 g/mol. The van der Waals surface area contributed by atoms with E-state index in [1.54, 1.807) is 31.2 Å². The lowest BCUT2D eigenvalue weighted by Gasteiger charge is -2.36. The van der Waals surface area contributed by atoms with E-state index >= 15 is 0 Å². The molecule has 25 heavy (non-hydrogen) atoms. The molecule has 0 amide bonds. The van der Waals surface area contributed by atoms with Crippen LogP contribution in [-0.4, -0.2) is 34.9 Å². The highest BCUT2D eigenvalue weighted by atomic mass is 19.1. The fourth-order valence-corrected chi connectivity index (χ4v) is 3.61. The predicted molar refractivity (Wildman–Crippen MR) is 86.4 cm³/mol. The van der Waals surface area contributed by atoms with Crippen LogP contribution in [0.15, 0.2) is 48.5 Å². The lowest BCUT2D eigenvalue weighted by atomic mass is 9.94. The number of ether oxygens (including phenoxy) is 2. The van der Waals surface area contributed by atoms with Crippen molar-refractivity contribution in [3.8, 4) is 0 Å². The quantitative estimate of drug-likeness (QED) is 0.926. The molecule has 2 aliphatic rings. The summed E-state index contributed by atoms with van der Waals surface area (Å²) in [5, 5.41) is 10.4. The number of aliphatic hydroxyl groups excluding tert-OH is 1. The van der Waals surface area contributed by atoms with Crippen molar-refractivity contribution in [2.75, 3.05) is 13.2 Å². The molecule has 2 heterocycles. The highest BCUT2D eigenvalue weighted by Crippen LogP contribution is 2.50. The number of hydrogen-bond acceptors (Lipinski definition) is 4. The second kappa shape index (κ2) is 6.14. The molecule has 0 saturated carbocycles. The molecule has 132 valence electrons. The Labute approximate surface area is 144 Å². The van der Waals surface area contributed by atoms with Crippen molar-refractivity contribution in [1.82, 2.24) is 4.90 Å². The molecule has 0 spiro atoms. The second-order valence-electron chi connectivity index (χ2n) is 6.62. The third-order valence-electron chi connectivity index (χ3n) is 5.09. The molecule has 2 aromatic carbocycles. The van der Waals surface area contributed by atoms with E-state index in [4.69, 9.17) is 9.47 Å². The standard InChI is InChI=1S/C19H19F2NO3/c1-12(23)19-10-24-17(13-2-6-15(20)7-3-13)22(19)18(25-11-19)14-4-8-16(21)9-5-14/h2-9,12,17-18,23H,10-11H2,1H3. The van der Waals surface area contributed by atoms with Crippen LogP contribution in [0.3, 0.4) is 0 Å². The Morgan fingerprint density at radius 1 is 0.920 bits per heavy atom. The molecule has 2 saturated heterocycles. The van der Waals surface area contributed by atoms with Gasteiger partial charge in [-0.3, -0.25) is 0 Å². The number of hydrogen-bond donors (Lipinski definition) is 1. The molecule has 0 aliphatic carbocycles. The zero-order valence-corrected chi connectivity index (χ0v) is 13.7. The Bertz CT molecular complexity index is 691. The van der Waals surface area contributed by atoms with Crippen molar-refractivity contribution in [3.63, 3.8) is 0 Å². The number of fused-ring (bicyclic) bond motifs is 1. The van der Waals surface area contributed by atoms with Crippen LogP contribution in [0.2, 0.25) is 0 Å². The van der Waals surface area contributed by atoms with Gasteiger partial charge in [0.2, 0.25) is 0 Å².